The Hall–Kier alpha value is -2.93. The fourth-order valence-electron chi connectivity index (χ4n) is 2.30. The van der Waals surface area contributed by atoms with Crippen molar-refractivity contribution in [2.24, 2.45) is 0 Å². The van der Waals surface area contributed by atoms with Gasteiger partial charge in [-0.3, -0.25) is 10.1 Å². The highest BCUT2D eigenvalue weighted by molar-refractivity contribution is 5.89. The van der Waals surface area contributed by atoms with E-state index in [2.05, 4.69) is 10.6 Å². The van der Waals surface area contributed by atoms with Gasteiger partial charge >= 0.3 is 6.03 Å². The predicted molar refractivity (Wildman–Crippen MR) is 91.0 cm³/mol. The number of rotatable bonds is 6. The Labute approximate surface area is 139 Å². The number of nitrogens with zero attached hydrogens (tertiary/aromatic N) is 1. The number of anilines is 1. The van der Waals surface area contributed by atoms with Gasteiger partial charge in [-0.25, -0.2) is 4.79 Å². The molecule has 0 saturated heterocycles. The van der Waals surface area contributed by atoms with Gasteiger partial charge in [-0.05, 0) is 25.0 Å². The zero-order valence-corrected chi connectivity index (χ0v) is 13.2. The third-order valence-electron chi connectivity index (χ3n) is 3.54. The summed E-state index contributed by atoms with van der Waals surface area (Å²) in [5, 5.41) is 25.6. The predicted octanol–water partition coefficient (Wildman–Crippen LogP) is 2.63. The molecular formula is C17H19N3O4. The zero-order chi connectivity index (χ0) is 17.5. The van der Waals surface area contributed by atoms with E-state index in [4.69, 9.17) is 0 Å². The fraction of sp³-hybridized carbons (Fsp3) is 0.235. The van der Waals surface area contributed by atoms with Crippen LogP contribution in [0.15, 0.2) is 48.5 Å². The number of aliphatic hydroxyl groups excluding tert-OH is 1. The first-order valence-electron chi connectivity index (χ1n) is 7.47. The van der Waals surface area contributed by atoms with Crippen LogP contribution in [0.25, 0.3) is 0 Å². The SMILES string of the molecule is Cc1ccc(NC(=O)NC(CO)Cc2ccccc2)cc1[N+](=O)[O-]. The van der Waals surface area contributed by atoms with Crippen LogP contribution < -0.4 is 10.6 Å². The van der Waals surface area contributed by atoms with E-state index in [1.165, 1.54) is 6.07 Å². The largest absolute Gasteiger partial charge is 0.394 e. The minimum absolute atomic E-state index is 0.0595. The first-order chi connectivity index (χ1) is 11.5. The van der Waals surface area contributed by atoms with Gasteiger partial charge in [0.05, 0.1) is 17.6 Å². The number of hydrogen-bond donors (Lipinski definition) is 3. The summed E-state index contributed by atoms with van der Waals surface area (Å²) in [6, 6.07) is 13.0. The molecule has 0 bridgehead atoms. The third kappa shape index (κ3) is 4.79. The molecule has 0 aromatic heterocycles. The van der Waals surface area contributed by atoms with Crippen molar-refractivity contribution >= 4 is 17.4 Å². The molecule has 2 rings (SSSR count). The summed E-state index contributed by atoms with van der Waals surface area (Å²) in [5.41, 5.74) is 1.77. The second-order valence-corrected chi connectivity index (χ2v) is 5.43. The molecule has 0 radical (unpaired) electrons. The zero-order valence-electron chi connectivity index (χ0n) is 13.2. The number of benzene rings is 2. The van der Waals surface area contributed by atoms with Crippen molar-refractivity contribution in [2.75, 3.05) is 11.9 Å². The number of nitro benzene ring substituents is 1. The van der Waals surface area contributed by atoms with Crippen LogP contribution in [0.5, 0.6) is 0 Å². The van der Waals surface area contributed by atoms with Crippen LogP contribution in [0.4, 0.5) is 16.2 Å². The second kappa shape index (κ2) is 8.07. The minimum atomic E-state index is -0.525. The standard InChI is InChI=1S/C17H19N3O4/c1-12-7-8-14(10-16(12)20(23)24)18-17(22)19-15(11-21)9-13-5-3-2-4-6-13/h2-8,10,15,21H,9,11H2,1H3,(H2,18,19,22). The molecule has 1 atom stereocenters. The number of nitro groups is 1. The van der Waals surface area contributed by atoms with Crippen LogP contribution >= 0.6 is 0 Å². The van der Waals surface area contributed by atoms with Gasteiger partial charge < -0.3 is 15.7 Å². The van der Waals surface area contributed by atoms with Gasteiger partial charge in [0.15, 0.2) is 0 Å². The van der Waals surface area contributed by atoms with E-state index < -0.39 is 17.0 Å². The molecule has 2 amide bonds. The Morgan fingerprint density at radius 2 is 1.96 bits per heavy atom. The minimum Gasteiger partial charge on any atom is -0.394 e. The van der Waals surface area contributed by atoms with Crippen molar-refractivity contribution in [3.63, 3.8) is 0 Å². The highest BCUT2D eigenvalue weighted by atomic mass is 16.6. The molecule has 7 heteroatoms. The number of carbonyl (C=O) groups excluding carboxylic acids is 1. The van der Waals surface area contributed by atoms with Crippen LogP contribution in [0, 0.1) is 17.0 Å². The van der Waals surface area contributed by atoms with Crippen molar-refractivity contribution < 1.29 is 14.8 Å². The summed E-state index contributed by atoms with van der Waals surface area (Å²) in [6.07, 6.45) is 0.485. The summed E-state index contributed by atoms with van der Waals surface area (Å²) < 4.78 is 0. The maximum atomic E-state index is 12.0. The molecule has 0 aliphatic carbocycles. The first kappa shape index (κ1) is 17.4. The third-order valence-corrected chi connectivity index (χ3v) is 3.54. The first-order valence-corrected chi connectivity index (χ1v) is 7.47. The van der Waals surface area contributed by atoms with Gasteiger partial charge in [0.2, 0.25) is 0 Å². The van der Waals surface area contributed by atoms with Crippen LogP contribution in [-0.2, 0) is 6.42 Å². The smallest absolute Gasteiger partial charge is 0.319 e. The fourth-order valence-corrected chi connectivity index (χ4v) is 2.30. The van der Waals surface area contributed by atoms with Crippen LogP contribution in [0.1, 0.15) is 11.1 Å². The monoisotopic (exact) mass is 329 g/mol. The lowest BCUT2D eigenvalue weighted by atomic mass is 10.1. The molecular weight excluding hydrogens is 310 g/mol. The van der Waals surface area contributed by atoms with E-state index in [1.807, 2.05) is 30.3 Å². The van der Waals surface area contributed by atoms with Crippen molar-refractivity contribution in [1.82, 2.24) is 5.32 Å². The van der Waals surface area contributed by atoms with Gasteiger partial charge in [0, 0.05) is 17.3 Å². The molecule has 0 spiro atoms. The summed E-state index contributed by atoms with van der Waals surface area (Å²) in [5.74, 6) is 0. The summed E-state index contributed by atoms with van der Waals surface area (Å²) >= 11 is 0. The van der Waals surface area contributed by atoms with Gasteiger partial charge in [-0.1, -0.05) is 36.4 Å². The number of aryl methyl sites for hydroxylation is 1. The quantitative estimate of drug-likeness (QED) is 0.559. The maximum Gasteiger partial charge on any atom is 0.319 e. The summed E-state index contributed by atoms with van der Waals surface area (Å²) in [4.78, 5) is 22.5. The molecule has 7 nitrogen and oxygen atoms in total. The Bertz CT molecular complexity index is 719. The van der Waals surface area contributed by atoms with Gasteiger partial charge in [-0.15, -0.1) is 0 Å². The molecule has 24 heavy (non-hydrogen) atoms. The summed E-state index contributed by atoms with van der Waals surface area (Å²) in [7, 11) is 0. The molecule has 0 aliphatic rings. The normalized spacial score (nSPS) is 11.6. The lowest BCUT2D eigenvalue weighted by Crippen LogP contribution is -2.41. The molecule has 126 valence electrons. The number of urea groups is 1. The van der Waals surface area contributed by atoms with Gasteiger partial charge in [0.25, 0.3) is 5.69 Å². The lowest BCUT2D eigenvalue weighted by molar-refractivity contribution is -0.385. The Morgan fingerprint density at radius 1 is 1.25 bits per heavy atom. The Balaban J connectivity index is 1.99. The van der Waals surface area contributed by atoms with Gasteiger partial charge in [-0.2, -0.15) is 0 Å². The Kier molecular flexibility index (Phi) is 5.86. The number of amides is 2. The molecule has 1 unspecified atom stereocenters. The van der Waals surface area contributed by atoms with E-state index in [0.717, 1.165) is 5.56 Å². The van der Waals surface area contributed by atoms with Crippen LogP contribution in [-0.4, -0.2) is 28.7 Å². The molecule has 0 heterocycles. The molecule has 3 N–H and O–H groups in total. The number of nitrogens with one attached hydrogen (secondary N) is 2. The highest BCUT2D eigenvalue weighted by Crippen LogP contribution is 2.22. The second-order valence-electron chi connectivity index (χ2n) is 5.43. The van der Waals surface area contributed by atoms with Crippen molar-refractivity contribution in [3.05, 3.63) is 69.8 Å². The number of hydrogen-bond acceptors (Lipinski definition) is 4. The average molecular weight is 329 g/mol. The van der Waals surface area contributed by atoms with Crippen molar-refractivity contribution in [3.8, 4) is 0 Å². The maximum absolute atomic E-state index is 12.0. The lowest BCUT2D eigenvalue weighted by Gasteiger charge is -2.17. The van der Waals surface area contributed by atoms with E-state index >= 15 is 0 Å². The van der Waals surface area contributed by atoms with E-state index in [0.29, 0.717) is 17.7 Å². The molecule has 0 aliphatic heterocycles. The molecule has 2 aromatic rings. The van der Waals surface area contributed by atoms with E-state index in [9.17, 15) is 20.0 Å². The highest BCUT2D eigenvalue weighted by Gasteiger charge is 2.15. The molecule has 0 saturated carbocycles. The summed E-state index contributed by atoms with van der Waals surface area (Å²) in [6.45, 7) is 1.42. The average Bonchev–Trinajstić information content (AvgIpc) is 2.56. The topological polar surface area (TPSA) is 104 Å². The van der Waals surface area contributed by atoms with Crippen molar-refractivity contribution in [1.29, 1.82) is 0 Å². The number of aliphatic hydroxyl groups is 1. The number of carbonyl (C=O) groups is 1. The van der Waals surface area contributed by atoms with Crippen LogP contribution in [0.3, 0.4) is 0 Å². The Morgan fingerprint density at radius 3 is 2.58 bits per heavy atom. The molecule has 2 aromatic carbocycles. The molecule has 0 fully saturated rings. The van der Waals surface area contributed by atoms with Crippen molar-refractivity contribution in [2.45, 2.75) is 19.4 Å². The van der Waals surface area contributed by atoms with E-state index in [1.54, 1.807) is 19.1 Å². The van der Waals surface area contributed by atoms with Gasteiger partial charge in [0.1, 0.15) is 0 Å². The van der Waals surface area contributed by atoms with E-state index in [-0.39, 0.29) is 12.3 Å². The van der Waals surface area contributed by atoms with Crippen LogP contribution in [0.2, 0.25) is 0 Å².